The van der Waals surface area contributed by atoms with E-state index in [0.717, 1.165) is 19.4 Å². The third-order valence-electron chi connectivity index (χ3n) is 2.58. The first-order chi connectivity index (χ1) is 7.24. The van der Waals surface area contributed by atoms with Gasteiger partial charge in [-0.1, -0.05) is 5.10 Å². The van der Waals surface area contributed by atoms with Crippen LogP contribution in [0.1, 0.15) is 12.8 Å². The topological polar surface area (TPSA) is 73.1 Å². The van der Waals surface area contributed by atoms with Crippen molar-refractivity contribution in [1.82, 2.24) is 20.2 Å². The van der Waals surface area contributed by atoms with Crippen LogP contribution >= 0.6 is 0 Å². The van der Waals surface area contributed by atoms with Crippen LogP contribution in [0.2, 0.25) is 0 Å². The standard InChI is InChI=1S/C8H13N5O2/c1-12-8(9-10-11-12)13-5-3-4-6(13)7(14)15-2/h6H,3-5H2,1-2H3. The van der Waals surface area contributed by atoms with Crippen LogP contribution in [0, 0.1) is 0 Å². The number of ether oxygens (including phenoxy) is 1. The molecule has 0 N–H and O–H groups in total. The van der Waals surface area contributed by atoms with Gasteiger partial charge in [-0.25, -0.2) is 9.48 Å². The molecular weight excluding hydrogens is 198 g/mol. The maximum absolute atomic E-state index is 11.5. The summed E-state index contributed by atoms with van der Waals surface area (Å²) in [6.45, 7) is 0.786. The normalized spacial score (nSPS) is 20.7. The Morgan fingerprint density at radius 2 is 2.40 bits per heavy atom. The van der Waals surface area contributed by atoms with E-state index in [1.165, 1.54) is 7.11 Å². The molecule has 1 aromatic rings. The summed E-state index contributed by atoms with van der Waals surface area (Å²) in [7, 11) is 3.15. The smallest absolute Gasteiger partial charge is 0.328 e. The Labute approximate surface area is 87.0 Å². The van der Waals surface area contributed by atoms with Crippen molar-refractivity contribution in [2.24, 2.45) is 7.05 Å². The zero-order valence-corrected chi connectivity index (χ0v) is 8.75. The number of anilines is 1. The average Bonchev–Trinajstić information content (AvgIpc) is 2.84. The average molecular weight is 211 g/mol. The second kappa shape index (κ2) is 3.84. The lowest BCUT2D eigenvalue weighted by Gasteiger charge is -2.21. The van der Waals surface area contributed by atoms with Crippen molar-refractivity contribution in [1.29, 1.82) is 0 Å². The van der Waals surface area contributed by atoms with Crippen molar-refractivity contribution in [2.75, 3.05) is 18.6 Å². The number of hydrogen-bond donors (Lipinski definition) is 0. The summed E-state index contributed by atoms with van der Waals surface area (Å²) < 4.78 is 6.30. The van der Waals surface area contributed by atoms with E-state index in [1.807, 2.05) is 4.90 Å². The molecule has 7 heteroatoms. The maximum Gasteiger partial charge on any atom is 0.328 e. The van der Waals surface area contributed by atoms with Gasteiger partial charge in [0, 0.05) is 13.6 Å². The molecule has 0 amide bonds. The van der Waals surface area contributed by atoms with Crippen molar-refractivity contribution in [3.63, 3.8) is 0 Å². The SMILES string of the molecule is COC(=O)C1CCCN1c1nnnn1C. The molecule has 7 nitrogen and oxygen atoms in total. The molecule has 1 aliphatic heterocycles. The summed E-state index contributed by atoms with van der Waals surface area (Å²) in [5.41, 5.74) is 0. The number of aromatic nitrogens is 4. The third-order valence-corrected chi connectivity index (χ3v) is 2.58. The summed E-state index contributed by atoms with van der Waals surface area (Å²) in [5.74, 6) is 0.387. The molecule has 2 rings (SSSR count). The summed E-state index contributed by atoms with van der Waals surface area (Å²) >= 11 is 0. The highest BCUT2D eigenvalue weighted by Crippen LogP contribution is 2.23. The molecule has 0 aliphatic carbocycles. The van der Waals surface area contributed by atoms with Gasteiger partial charge >= 0.3 is 5.97 Å². The molecule has 1 atom stereocenters. The van der Waals surface area contributed by atoms with E-state index in [9.17, 15) is 4.79 Å². The lowest BCUT2D eigenvalue weighted by atomic mass is 10.2. The first kappa shape index (κ1) is 9.88. The summed E-state index contributed by atoms with van der Waals surface area (Å²) in [6.07, 6.45) is 1.74. The highest BCUT2D eigenvalue weighted by Gasteiger charge is 2.34. The number of hydrogen-bond acceptors (Lipinski definition) is 6. The highest BCUT2D eigenvalue weighted by atomic mass is 16.5. The lowest BCUT2D eigenvalue weighted by Crippen LogP contribution is -2.38. The van der Waals surface area contributed by atoms with Gasteiger partial charge in [0.15, 0.2) is 0 Å². The van der Waals surface area contributed by atoms with Crippen LogP contribution in [-0.2, 0) is 16.6 Å². The molecule has 0 bridgehead atoms. The van der Waals surface area contributed by atoms with Crippen molar-refractivity contribution >= 4 is 11.9 Å². The van der Waals surface area contributed by atoms with E-state index < -0.39 is 0 Å². The molecule has 2 heterocycles. The molecule has 0 spiro atoms. The van der Waals surface area contributed by atoms with Gasteiger partial charge in [-0.2, -0.15) is 0 Å². The molecule has 1 unspecified atom stereocenters. The highest BCUT2D eigenvalue weighted by molar-refractivity contribution is 5.79. The molecule has 1 saturated heterocycles. The van der Waals surface area contributed by atoms with Gasteiger partial charge in [0.25, 0.3) is 0 Å². The van der Waals surface area contributed by atoms with Crippen molar-refractivity contribution in [2.45, 2.75) is 18.9 Å². The Balaban J connectivity index is 2.22. The van der Waals surface area contributed by atoms with E-state index in [0.29, 0.717) is 5.95 Å². The van der Waals surface area contributed by atoms with E-state index in [-0.39, 0.29) is 12.0 Å². The fourth-order valence-electron chi connectivity index (χ4n) is 1.86. The lowest BCUT2D eigenvalue weighted by molar-refractivity contribution is -0.141. The van der Waals surface area contributed by atoms with Crippen LogP contribution in [0.5, 0.6) is 0 Å². The molecule has 1 aliphatic rings. The van der Waals surface area contributed by atoms with Crippen LogP contribution in [-0.4, -0.2) is 45.9 Å². The first-order valence-corrected chi connectivity index (χ1v) is 4.81. The largest absolute Gasteiger partial charge is 0.467 e. The van der Waals surface area contributed by atoms with Crippen molar-refractivity contribution in [3.05, 3.63) is 0 Å². The van der Waals surface area contributed by atoms with Crippen LogP contribution in [0.4, 0.5) is 5.95 Å². The Hall–Kier alpha value is -1.66. The molecule has 15 heavy (non-hydrogen) atoms. The number of nitrogens with zero attached hydrogens (tertiary/aromatic N) is 5. The van der Waals surface area contributed by atoms with E-state index in [1.54, 1.807) is 11.7 Å². The van der Waals surface area contributed by atoms with Crippen molar-refractivity contribution < 1.29 is 9.53 Å². The zero-order chi connectivity index (χ0) is 10.8. The fourth-order valence-corrected chi connectivity index (χ4v) is 1.86. The molecule has 82 valence electrons. The molecule has 0 radical (unpaired) electrons. The van der Waals surface area contributed by atoms with Gasteiger partial charge in [-0.05, 0) is 23.3 Å². The Morgan fingerprint density at radius 1 is 1.60 bits per heavy atom. The number of carbonyl (C=O) groups is 1. The summed E-state index contributed by atoms with van der Waals surface area (Å²) in [4.78, 5) is 13.4. The first-order valence-electron chi connectivity index (χ1n) is 4.81. The monoisotopic (exact) mass is 211 g/mol. The number of carbonyl (C=O) groups excluding carboxylic acids is 1. The van der Waals surface area contributed by atoms with Crippen LogP contribution < -0.4 is 4.90 Å². The second-order valence-electron chi connectivity index (χ2n) is 3.48. The molecular formula is C8H13N5O2. The van der Waals surface area contributed by atoms with Gasteiger partial charge in [0.05, 0.1) is 7.11 Å². The number of esters is 1. The number of aryl methyl sites for hydroxylation is 1. The quantitative estimate of drug-likeness (QED) is 0.605. The van der Waals surface area contributed by atoms with Gasteiger partial charge < -0.3 is 9.64 Å². The van der Waals surface area contributed by atoms with Gasteiger partial charge in [0.1, 0.15) is 6.04 Å². The zero-order valence-electron chi connectivity index (χ0n) is 8.75. The van der Waals surface area contributed by atoms with E-state index in [4.69, 9.17) is 4.74 Å². The van der Waals surface area contributed by atoms with E-state index >= 15 is 0 Å². The number of methoxy groups -OCH3 is 1. The fraction of sp³-hybridized carbons (Fsp3) is 0.750. The maximum atomic E-state index is 11.5. The summed E-state index contributed by atoms with van der Waals surface area (Å²) in [5, 5.41) is 11.2. The van der Waals surface area contributed by atoms with Crippen LogP contribution in [0.3, 0.4) is 0 Å². The van der Waals surface area contributed by atoms with E-state index in [2.05, 4.69) is 15.5 Å². The predicted octanol–water partition coefficient (Wildman–Crippen LogP) is -0.648. The molecule has 1 fully saturated rings. The Kier molecular flexibility index (Phi) is 2.53. The number of rotatable bonds is 2. The van der Waals surface area contributed by atoms with Gasteiger partial charge in [-0.3, -0.25) is 0 Å². The van der Waals surface area contributed by atoms with Crippen LogP contribution in [0.15, 0.2) is 0 Å². The Bertz CT molecular complexity index is 364. The minimum atomic E-state index is -0.250. The number of tetrazole rings is 1. The van der Waals surface area contributed by atoms with Crippen molar-refractivity contribution in [3.8, 4) is 0 Å². The minimum absolute atomic E-state index is 0.226. The molecule has 1 aromatic heterocycles. The molecule has 0 aromatic carbocycles. The summed E-state index contributed by atoms with van der Waals surface area (Å²) in [6, 6.07) is -0.250. The van der Waals surface area contributed by atoms with Gasteiger partial charge in [-0.15, -0.1) is 0 Å². The third kappa shape index (κ3) is 1.64. The minimum Gasteiger partial charge on any atom is -0.467 e. The second-order valence-corrected chi connectivity index (χ2v) is 3.48. The Morgan fingerprint density at radius 3 is 3.00 bits per heavy atom. The van der Waals surface area contributed by atoms with Gasteiger partial charge in [0.2, 0.25) is 5.95 Å². The van der Waals surface area contributed by atoms with Crippen LogP contribution in [0.25, 0.3) is 0 Å². The predicted molar refractivity (Wildman–Crippen MR) is 51.2 cm³/mol. The molecule has 0 saturated carbocycles.